The van der Waals surface area contributed by atoms with Gasteiger partial charge in [-0.15, -0.1) is 0 Å². The van der Waals surface area contributed by atoms with Crippen molar-refractivity contribution in [3.05, 3.63) is 12.2 Å². The highest BCUT2D eigenvalue weighted by molar-refractivity contribution is 4.90. The predicted molar refractivity (Wildman–Crippen MR) is 85.1 cm³/mol. The van der Waals surface area contributed by atoms with Crippen molar-refractivity contribution in [3.8, 4) is 6.07 Å². The van der Waals surface area contributed by atoms with Gasteiger partial charge in [0.25, 0.3) is 0 Å². The van der Waals surface area contributed by atoms with Crippen molar-refractivity contribution >= 4 is 0 Å². The summed E-state index contributed by atoms with van der Waals surface area (Å²) in [5.74, 6) is 0. The number of unbranched alkanes of at least 4 members (excludes halogenated alkanes) is 12. The number of hydrogen-bond donors (Lipinski definition) is 0. The third kappa shape index (κ3) is 17.2. The summed E-state index contributed by atoms with van der Waals surface area (Å²) in [6.07, 6.45) is 22.7. The maximum Gasteiger partial charge on any atom is 0.0663 e. The van der Waals surface area contributed by atoms with Crippen LogP contribution >= 0.6 is 0 Å². The first kappa shape index (κ1) is 18.2. The highest BCUT2D eigenvalue weighted by Gasteiger charge is 1.92. The second-order valence-electron chi connectivity index (χ2n) is 5.51. The summed E-state index contributed by atoms with van der Waals surface area (Å²) < 4.78 is 0. The van der Waals surface area contributed by atoms with Gasteiger partial charge in [0.05, 0.1) is 12.5 Å². The lowest BCUT2D eigenvalue weighted by Crippen LogP contribution is -1.82. The zero-order valence-corrected chi connectivity index (χ0v) is 13.0. The Balaban J connectivity index is 2.97. The molecular weight excluding hydrogens is 230 g/mol. The van der Waals surface area contributed by atoms with E-state index in [1.54, 1.807) is 0 Å². The van der Waals surface area contributed by atoms with Gasteiger partial charge in [0, 0.05) is 0 Å². The Kier molecular flexibility index (Phi) is 16.5. The van der Waals surface area contributed by atoms with E-state index in [1.165, 1.54) is 77.0 Å². The van der Waals surface area contributed by atoms with Gasteiger partial charge in [-0.05, 0) is 12.8 Å². The average molecular weight is 263 g/mol. The van der Waals surface area contributed by atoms with Crippen LogP contribution < -0.4 is 0 Å². The zero-order valence-electron chi connectivity index (χ0n) is 13.0. The lowest BCUT2D eigenvalue weighted by molar-refractivity contribution is 0.545. The molecule has 0 amide bonds. The Morgan fingerprint density at radius 3 is 1.63 bits per heavy atom. The lowest BCUT2D eigenvalue weighted by Gasteiger charge is -2.02. The minimum atomic E-state index is 0.568. The van der Waals surface area contributed by atoms with Gasteiger partial charge in [-0.1, -0.05) is 89.7 Å². The highest BCUT2D eigenvalue weighted by Crippen LogP contribution is 2.12. The summed E-state index contributed by atoms with van der Waals surface area (Å²) >= 11 is 0. The van der Waals surface area contributed by atoms with Crippen LogP contribution in [-0.2, 0) is 0 Å². The number of nitrogens with zero attached hydrogens (tertiary/aromatic N) is 1. The van der Waals surface area contributed by atoms with Crippen LogP contribution in [0.3, 0.4) is 0 Å². The Labute approximate surface area is 121 Å². The molecule has 0 saturated carbocycles. The molecule has 0 aromatic rings. The van der Waals surface area contributed by atoms with Gasteiger partial charge < -0.3 is 0 Å². The van der Waals surface area contributed by atoms with E-state index in [0.29, 0.717) is 6.42 Å². The van der Waals surface area contributed by atoms with Crippen LogP contribution in [0.1, 0.15) is 96.8 Å². The molecule has 0 atom stereocenters. The van der Waals surface area contributed by atoms with Crippen LogP contribution in [0, 0.1) is 11.3 Å². The van der Waals surface area contributed by atoms with E-state index < -0.39 is 0 Å². The summed E-state index contributed by atoms with van der Waals surface area (Å²) in [5, 5.41) is 8.37. The maximum atomic E-state index is 8.37. The van der Waals surface area contributed by atoms with E-state index in [4.69, 9.17) is 5.26 Å². The quantitative estimate of drug-likeness (QED) is 0.257. The molecule has 0 bridgehead atoms. The molecule has 0 unspecified atom stereocenters. The molecule has 1 heteroatoms. The molecule has 0 aliphatic heterocycles. The smallest absolute Gasteiger partial charge is 0.0663 e. The van der Waals surface area contributed by atoms with Gasteiger partial charge in [-0.2, -0.15) is 5.26 Å². The third-order valence-electron chi connectivity index (χ3n) is 3.60. The maximum absolute atomic E-state index is 8.37. The molecule has 0 aromatic heterocycles. The second kappa shape index (κ2) is 17.2. The van der Waals surface area contributed by atoms with Crippen LogP contribution in [0.5, 0.6) is 0 Å². The standard InChI is InChI=1S/C18H33N/c1-2-3-4-5-6-7-8-9-10-11-12-13-14-15-16-17-18-19/h15-16H,2-14,17H2,1H3. The molecule has 0 N–H and O–H groups in total. The summed E-state index contributed by atoms with van der Waals surface area (Å²) in [6, 6.07) is 2.13. The van der Waals surface area contributed by atoms with E-state index in [-0.39, 0.29) is 0 Å². The first-order valence-electron chi connectivity index (χ1n) is 8.43. The highest BCUT2D eigenvalue weighted by atomic mass is 14.2. The third-order valence-corrected chi connectivity index (χ3v) is 3.60. The first-order chi connectivity index (χ1) is 9.41. The van der Waals surface area contributed by atoms with E-state index >= 15 is 0 Å². The minimum Gasteiger partial charge on any atom is -0.198 e. The fraction of sp³-hybridized carbons (Fsp3) is 0.833. The number of allylic oxidation sites excluding steroid dienone is 2. The van der Waals surface area contributed by atoms with E-state index in [2.05, 4.69) is 19.1 Å². The van der Waals surface area contributed by atoms with Gasteiger partial charge >= 0.3 is 0 Å². The predicted octanol–water partition coefficient (Wildman–Crippen LogP) is 6.55. The van der Waals surface area contributed by atoms with Crippen LogP contribution in [0.2, 0.25) is 0 Å². The molecule has 0 aromatic carbocycles. The molecule has 110 valence electrons. The van der Waals surface area contributed by atoms with Gasteiger partial charge in [-0.25, -0.2) is 0 Å². The van der Waals surface area contributed by atoms with Gasteiger partial charge in [0.15, 0.2) is 0 Å². The normalized spacial score (nSPS) is 10.9. The fourth-order valence-corrected chi connectivity index (χ4v) is 2.36. The number of nitriles is 1. The molecule has 0 fully saturated rings. The Morgan fingerprint density at radius 2 is 1.16 bits per heavy atom. The van der Waals surface area contributed by atoms with Gasteiger partial charge in [-0.3, -0.25) is 0 Å². The molecule has 0 spiro atoms. The Morgan fingerprint density at radius 1 is 0.684 bits per heavy atom. The molecule has 0 aliphatic rings. The molecule has 19 heavy (non-hydrogen) atoms. The SMILES string of the molecule is CCCCCCCCCCCCCCC=CCC#N. The van der Waals surface area contributed by atoms with Crippen molar-refractivity contribution in [2.75, 3.05) is 0 Å². The molecule has 0 heterocycles. The molecule has 0 saturated heterocycles. The minimum absolute atomic E-state index is 0.568. The second-order valence-corrected chi connectivity index (χ2v) is 5.51. The average Bonchev–Trinajstić information content (AvgIpc) is 2.43. The van der Waals surface area contributed by atoms with Crippen LogP contribution in [-0.4, -0.2) is 0 Å². The monoisotopic (exact) mass is 263 g/mol. The number of hydrogen-bond acceptors (Lipinski definition) is 1. The van der Waals surface area contributed by atoms with Crippen molar-refractivity contribution < 1.29 is 0 Å². The van der Waals surface area contributed by atoms with Crippen molar-refractivity contribution in [1.82, 2.24) is 0 Å². The first-order valence-corrected chi connectivity index (χ1v) is 8.43. The van der Waals surface area contributed by atoms with Crippen LogP contribution in [0.25, 0.3) is 0 Å². The van der Waals surface area contributed by atoms with Gasteiger partial charge in [0.1, 0.15) is 0 Å². The van der Waals surface area contributed by atoms with Gasteiger partial charge in [0.2, 0.25) is 0 Å². The van der Waals surface area contributed by atoms with Crippen LogP contribution in [0.4, 0.5) is 0 Å². The lowest BCUT2D eigenvalue weighted by atomic mass is 10.0. The molecule has 1 nitrogen and oxygen atoms in total. The number of rotatable bonds is 14. The molecule has 0 radical (unpaired) electrons. The zero-order chi connectivity index (χ0) is 14.0. The Bertz CT molecular complexity index is 224. The fourth-order valence-electron chi connectivity index (χ4n) is 2.36. The Hall–Kier alpha value is -0.770. The van der Waals surface area contributed by atoms with Crippen molar-refractivity contribution in [1.29, 1.82) is 5.26 Å². The summed E-state index contributed by atoms with van der Waals surface area (Å²) in [5.41, 5.74) is 0. The van der Waals surface area contributed by atoms with Crippen molar-refractivity contribution in [2.45, 2.75) is 96.8 Å². The van der Waals surface area contributed by atoms with Crippen molar-refractivity contribution in [3.63, 3.8) is 0 Å². The summed E-state index contributed by atoms with van der Waals surface area (Å²) in [4.78, 5) is 0. The molecule has 0 rings (SSSR count). The topological polar surface area (TPSA) is 23.8 Å². The summed E-state index contributed by atoms with van der Waals surface area (Å²) in [6.45, 7) is 2.28. The van der Waals surface area contributed by atoms with E-state index in [9.17, 15) is 0 Å². The van der Waals surface area contributed by atoms with E-state index in [0.717, 1.165) is 6.42 Å². The summed E-state index contributed by atoms with van der Waals surface area (Å²) in [7, 11) is 0. The molecular formula is C18H33N. The largest absolute Gasteiger partial charge is 0.198 e. The van der Waals surface area contributed by atoms with E-state index in [1.807, 2.05) is 6.08 Å². The van der Waals surface area contributed by atoms with Crippen LogP contribution in [0.15, 0.2) is 12.2 Å². The molecule has 0 aliphatic carbocycles. The van der Waals surface area contributed by atoms with Crippen molar-refractivity contribution in [2.24, 2.45) is 0 Å².